The molecule has 2 rings (SSSR count). The Morgan fingerprint density at radius 1 is 1.35 bits per heavy atom. The Balaban J connectivity index is 2.20. The summed E-state index contributed by atoms with van der Waals surface area (Å²) < 4.78 is 23.4. The van der Waals surface area contributed by atoms with E-state index in [1.807, 2.05) is 19.1 Å². The van der Waals surface area contributed by atoms with Gasteiger partial charge in [0, 0.05) is 30.9 Å². The van der Waals surface area contributed by atoms with Crippen LogP contribution in [-0.4, -0.2) is 38.6 Å². The molecule has 0 aromatic heterocycles. The maximum Gasteiger partial charge on any atom is 0.154 e. The van der Waals surface area contributed by atoms with Crippen LogP contribution in [0.4, 0.5) is 5.69 Å². The molecule has 112 valence electrons. The first-order valence-corrected chi connectivity index (χ1v) is 8.99. The number of hydrogen-bond acceptors (Lipinski definition) is 4. The molecular formula is C15H24N2O2S. The van der Waals surface area contributed by atoms with Crippen LogP contribution in [-0.2, 0) is 16.4 Å². The summed E-state index contributed by atoms with van der Waals surface area (Å²) in [4.78, 5) is 2.22. The van der Waals surface area contributed by atoms with Crippen molar-refractivity contribution in [1.29, 1.82) is 0 Å². The zero-order valence-corrected chi connectivity index (χ0v) is 13.3. The monoisotopic (exact) mass is 296 g/mol. The molecule has 0 saturated carbocycles. The SMILES string of the molecule is CC(C)NCc1ccccc1N1CCS(=O)(=O)CC1C. The molecule has 0 bridgehead atoms. The van der Waals surface area contributed by atoms with Gasteiger partial charge in [-0.2, -0.15) is 0 Å². The molecule has 1 saturated heterocycles. The fraction of sp³-hybridized carbons (Fsp3) is 0.600. The highest BCUT2D eigenvalue weighted by Gasteiger charge is 2.29. The highest BCUT2D eigenvalue weighted by molar-refractivity contribution is 7.91. The van der Waals surface area contributed by atoms with Crippen LogP contribution in [0.5, 0.6) is 0 Å². The van der Waals surface area contributed by atoms with Crippen LogP contribution in [0.15, 0.2) is 24.3 Å². The summed E-state index contributed by atoms with van der Waals surface area (Å²) in [5.41, 5.74) is 2.38. The molecule has 1 aromatic rings. The number of para-hydroxylation sites is 1. The Morgan fingerprint density at radius 3 is 2.70 bits per heavy atom. The van der Waals surface area contributed by atoms with Gasteiger partial charge in [0.25, 0.3) is 0 Å². The highest BCUT2D eigenvalue weighted by atomic mass is 32.2. The van der Waals surface area contributed by atoms with Gasteiger partial charge in [0.2, 0.25) is 0 Å². The summed E-state index contributed by atoms with van der Waals surface area (Å²) in [7, 11) is -2.87. The second-order valence-electron chi connectivity index (χ2n) is 5.82. The maximum absolute atomic E-state index is 11.7. The number of nitrogens with zero attached hydrogens (tertiary/aromatic N) is 1. The van der Waals surface area contributed by atoms with Gasteiger partial charge in [-0.1, -0.05) is 32.0 Å². The molecular weight excluding hydrogens is 272 g/mol. The van der Waals surface area contributed by atoms with Gasteiger partial charge in [-0.05, 0) is 18.6 Å². The Bertz CT molecular complexity index is 555. The molecule has 0 radical (unpaired) electrons. The molecule has 1 atom stereocenters. The van der Waals surface area contributed by atoms with E-state index in [1.54, 1.807) is 0 Å². The van der Waals surface area contributed by atoms with Crippen LogP contribution < -0.4 is 10.2 Å². The van der Waals surface area contributed by atoms with Crippen molar-refractivity contribution in [2.75, 3.05) is 23.0 Å². The number of nitrogens with one attached hydrogen (secondary N) is 1. The predicted octanol–water partition coefficient (Wildman–Crippen LogP) is 1.81. The quantitative estimate of drug-likeness (QED) is 0.920. The minimum atomic E-state index is -2.87. The summed E-state index contributed by atoms with van der Waals surface area (Å²) >= 11 is 0. The summed E-state index contributed by atoms with van der Waals surface area (Å²) in [6.07, 6.45) is 0. The third-order valence-electron chi connectivity index (χ3n) is 3.67. The van der Waals surface area contributed by atoms with Gasteiger partial charge in [0.15, 0.2) is 9.84 Å². The molecule has 1 aliphatic heterocycles. The normalized spacial score (nSPS) is 22.2. The Morgan fingerprint density at radius 2 is 2.05 bits per heavy atom. The van der Waals surface area contributed by atoms with Gasteiger partial charge in [0.1, 0.15) is 0 Å². The van der Waals surface area contributed by atoms with Gasteiger partial charge in [-0.25, -0.2) is 8.42 Å². The predicted molar refractivity (Wildman–Crippen MR) is 83.9 cm³/mol. The van der Waals surface area contributed by atoms with E-state index in [0.29, 0.717) is 12.6 Å². The first-order chi connectivity index (χ1) is 9.39. The van der Waals surface area contributed by atoms with Gasteiger partial charge >= 0.3 is 0 Å². The summed E-state index contributed by atoms with van der Waals surface area (Å²) in [5.74, 6) is 0.502. The number of hydrogen-bond donors (Lipinski definition) is 1. The Hall–Kier alpha value is -1.07. The zero-order valence-electron chi connectivity index (χ0n) is 12.5. The molecule has 5 heteroatoms. The third kappa shape index (κ3) is 3.73. The van der Waals surface area contributed by atoms with Crippen molar-refractivity contribution in [2.45, 2.75) is 39.4 Å². The highest BCUT2D eigenvalue weighted by Crippen LogP contribution is 2.25. The van der Waals surface area contributed by atoms with Gasteiger partial charge < -0.3 is 10.2 Å². The van der Waals surface area contributed by atoms with Crippen molar-refractivity contribution >= 4 is 15.5 Å². The molecule has 0 aliphatic carbocycles. The lowest BCUT2D eigenvalue weighted by atomic mass is 10.1. The summed E-state index contributed by atoms with van der Waals surface area (Å²) in [6.45, 7) is 7.63. The standard InChI is InChI=1S/C15H24N2O2S/c1-12(2)16-10-14-6-4-5-7-15(14)17-8-9-20(18,19)11-13(17)3/h4-7,12-13,16H,8-11H2,1-3H3. The van der Waals surface area contributed by atoms with E-state index < -0.39 is 9.84 Å². The average Bonchev–Trinajstić information content (AvgIpc) is 2.36. The van der Waals surface area contributed by atoms with Crippen molar-refractivity contribution in [3.05, 3.63) is 29.8 Å². The molecule has 20 heavy (non-hydrogen) atoms. The summed E-state index contributed by atoms with van der Waals surface area (Å²) in [6, 6.07) is 8.72. The number of rotatable bonds is 4. The minimum Gasteiger partial charge on any atom is -0.367 e. The number of sulfone groups is 1. The van der Waals surface area contributed by atoms with Crippen molar-refractivity contribution < 1.29 is 8.42 Å². The topological polar surface area (TPSA) is 49.4 Å². The first-order valence-electron chi connectivity index (χ1n) is 7.17. The van der Waals surface area contributed by atoms with Crippen LogP contribution in [0.2, 0.25) is 0 Å². The van der Waals surface area contributed by atoms with Gasteiger partial charge in [-0.3, -0.25) is 0 Å². The molecule has 1 N–H and O–H groups in total. The first kappa shape index (κ1) is 15.3. The second kappa shape index (κ2) is 6.14. The summed E-state index contributed by atoms with van der Waals surface area (Å²) in [5, 5.41) is 3.43. The molecule has 4 nitrogen and oxygen atoms in total. The molecule has 1 fully saturated rings. The van der Waals surface area contributed by atoms with E-state index in [4.69, 9.17) is 0 Å². The molecule has 0 spiro atoms. The largest absolute Gasteiger partial charge is 0.367 e. The third-order valence-corrected chi connectivity index (χ3v) is 5.47. The lowest BCUT2D eigenvalue weighted by Gasteiger charge is -2.36. The smallest absolute Gasteiger partial charge is 0.154 e. The van der Waals surface area contributed by atoms with Crippen LogP contribution >= 0.6 is 0 Å². The molecule has 1 heterocycles. The van der Waals surface area contributed by atoms with Crippen molar-refractivity contribution in [3.63, 3.8) is 0 Å². The van der Waals surface area contributed by atoms with E-state index in [2.05, 4.69) is 36.2 Å². The minimum absolute atomic E-state index is 0.0361. The van der Waals surface area contributed by atoms with Crippen molar-refractivity contribution in [1.82, 2.24) is 5.32 Å². The average molecular weight is 296 g/mol. The fourth-order valence-electron chi connectivity index (χ4n) is 2.61. The lowest BCUT2D eigenvalue weighted by Crippen LogP contribution is -2.47. The van der Waals surface area contributed by atoms with Crippen molar-refractivity contribution in [3.8, 4) is 0 Å². The lowest BCUT2D eigenvalue weighted by molar-refractivity contribution is 0.564. The van der Waals surface area contributed by atoms with Crippen molar-refractivity contribution in [2.24, 2.45) is 0 Å². The Labute approximate surface area is 122 Å². The van der Waals surface area contributed by atoms with Crippen LogP contribution in [0.3, 0.4) is 0 Å². The molecule has 1 aliphatic rings. The molecule has 1 aromatic carbocycles. The van der Waals surface area contributed by atoms with E-state index in [0.717, 1.165) is 12.2 Å². The van der Waals surface area contributed by atoms with E-state index in [-0.39, 0.29) is 17.5 Å². The van der Waals surface area contributed by atoms with E-state index in [9.17, 15) is 8.42 Å². The van der Waals surface area contributed by atoms with Crippen LogP contribution in [0.25, 0.3) is 0 Å². The fourth-order valence-corrected chi connectivity index (χ4v) is 4.17. The molecule has 1 unspecified atom stereocenters. The maximum atomic E-state index is 11.7. The second-order valence-corrected chi connectivity index (χ2v) is 8.05. The molecule has 0 amide bonds. The van der Waals surface area contributed by atoms with Crippen LogP contribution in [0.1, 0.15) is 26.3 Å². The number of benzene rings is 1. The van der Waals surface area contributed by atoms with Gasteiger partial charge in [-0.15, -0.1) is 0 Å². The van der Waals surface area contributed by atoms with Crippen LogP contribution in [0, 0.1) is 0 Å². The van der Waals surface area contributed by atoms with E-state index >= 15 is 0 Å². The Kier molecular flexibility index (Phi) is 4.70. The number of anilines is 1. The zero-order chi connectivity index (χ0) is 14.8. The van der Waals surface area contributed by atoms with Gasteiger partial charge in [0.05, 0.1) is 11.5 Å². The van der Waals surface area contributed by atoms with E-state index in [1.165, 1.54) is 5.56 Å².